The maximum Gasteiger partial charge on any atom is 0.437 e. The lowest BCUT2D eigenvalue weighted by molar-refractivity contribution is 0.0521. The van der Waals surface area contributed by atoms with E-state index in [1.807, 2.05) is 0 Å². The predicted octanol–water partition coefficient (Wildman–Crippen LogP) is 1.52. The van der Waals surface area contributed by atoms with E-state index in [2.05, 4.69) is 10.1 Å². The first-order valence-corrected chi connectivity index (χ1v) is 5.74. The van der Waals surface area contributed by atoms with Gasteiger partial charge in [-0.15, -0.1) is 4.68 Å². The van der Waals surface area contributed by atoms with Gasteiger partial charge in [0.25, 0.3) is 5.56 Å². The zero-order chi connectivity index (χ0) is 14.4. The van der Waals surface area contributed by atoms with Crippen LogP contribution >= 0.6 is 0 Å². The molecule has 102 valence electrons. The highest BCUT2D eigenvalue weighted by atomic mass is 16.6. The van der Waals surface area contributed by atoms with Crippen LogP contribution in [0.15, 0.2) is 10.9 Å². The number of nitrogens with one attached hydrogen (secondary N) is 1. The van der Waals surface area contributed by atoms with E-state index in [4.69, 9.17) is 4.74 Å². The smallest absolute Gasteiger partial charge is 0.437 e. The summed E-state index contributed by atoms with van der Waals surface area (Å²) < 4.78 is 6.12. The molecule has 0 unspecified atom stereocenters. The Morgan fingerprint density at radius 1 is 1.47 bits per heavy atom. The maximum absolute atomic E-state index is 12.0. The van der Waals surface area contributed by atoms with Crippen LogP contribution in [0.25, 0.3) is 11.0 Å². The molecule has 0 radical (unpaired) electrons. The number of aryl methyl sites for hydroxylation is 1. The molecule has 0 aromatic carbocycles. The molecular weight excluding hydrogens is 250 g/mol. The number of aromatic nitrogens is 3. The average Bonchev–Trinajstić information content (AvgIpc) is 2.53. The summed E-state index contributed by atoms with van der Waals surface area (Å²) in [6, 6.07) is 1.04. The van der Waals surface area contributed by atoms with Crippen LogP contribution in [0.4, 0.5) is 4.79 Å². The van der Waals surface area contributed by atoms with Gasteiger partial charge in [-0.05, 0) is 27.7 Å². The van der Waals surface area contributed by atoms with Gasteiger partial charge in [0.1, 0.15) is 11.4 Å². The lowest BCUT2D eigenvalue weighted by Gasteiger charge is -2.18. The molecule has 0 saturated heterocycles. The summed E-state index contributed by atoms with van der Waals surface area (Å²) in [6.07, 6.45) is -0.716. The molecule has 0 amide bonds. The van der Waals surface area contributed by atoms with Crippen molar-refractivity contribution in [1.29, 1.82) is 0 Å². The molecular formula is C12H15N3O4. The fraction of sp³-hybridized carbons (Fsp3) is 0.417. The van der Waals surface area contributed by atoms with Crippen molar-refractivity contribution in [2.45, 2.75) is 33.3 Å². The minimum Gasteiger partial charge on any atom is -0.507 e. The summed E-state index contributed by atoms with van der Waals surface area (Å²) in [5, 5.41) is 14.0. The summed E-state index contributed by atoms with van der Waals surface area (Å²) >= 11 is 0. The van der Waals surface area contributed by atoms with Gasteiger partial charge in [0, 0.05) is 6.07 Å². The van der Waals surface area contributed by atoms with Crippen LogP contribution in [-0.2, 0) is 4.74 Å². The van der Waals surface area contributed by atoms with Crippen LogP contribution < -0.4 is 5.56 Å². The quantitative estimate of drug-likeness (QED) is 0.752. The molecule has 19 heavy (non-hydrogen) atoms. The number of carbonyl (C=O) groups is 1. The van der Waals surface area contributed by atoms with Gasteiger partial charge in [-0.25, -0.2) is 4.79 Å². The van der Waals surface area contributed by atoms with Crippen molar-refractivity contribution in [2.75, 3.05) is 0 Å². The summed E-state index contributed by atoms with van der Waals surface area (Å²) in [5.41, 5.74) is -0.651. The van der Waals surface area contributed by atoms with Crippen molar-refractivity contribution < 1.29 is 14.6 Å². The van der Waals surface area contributed by atoms with Gasteiger partial charge in [-0.2, -0.15) is 5.10 Å². The summed E-state index contributed by atoms with van der Waals surface area (Å²) in [5.74, 6) is -0.217. The van der Waals surface area contributed by atoms with Crippen molar-refractivity contribution in [3.05, 3.63) is 22.1 Å². The number of ether oxygens (including phenoxy) is 1. The average molecular weight is 265 g/mol. The monoisotopic (exact) mass is 265 g/mol. The molecule has 2 N–H and O–H groups in total. The fourth-order valence-electron chi connectivity index (χ4n) is 1.74. The minimum atomic E-state index is -0.716. The molecule has 7 nitrogen and oxygen atoms in total. The Morgan fingerprint density at radius 3 is 2.68 bits per heavy atom. The highest BCUT2D eigenvalue weighted by Crippen LogP contribution is 2.24. The molecule has 0 bridgehead atoms. The number of aromatic amines is 1. The van der Waals surface area contributed by atoms with Gasteiger partial charge in [-0.3, -0.25) is 4.79 Å². The Balaban J connectivity index is 2.62. The number of rotatable bonds is 0. The Morgan fingerprint density at radius 2 is 2.11 bits per heavy atom. The standard InChI is InChI=1S/C12H15N3O4/c1-6-9-7(16)5-8(17)13-10(9)15(14-6)11(18)19-12(2,3)4/h5H,1-4H3,(H2,13,16,17). The second kappa shape index (κ2) is 4.11. The predicted molar refractivity (Wildman–Crippen MR) is 68.4 cm³/mol. The van der Waals surface area contributed by atoms with Gasteiger partial charge < -0.3 is 14.8 Å². The third-order valence-corrected chi connectivity index (χ3v) is 2.39. The first kappa shape index (κ1) is 13.1. The molecule has 2 rings (SSSR count). The van der Waals surface area contributed by atoms with E-state index < -0.39 is 17.3 Å². The Bertz CT molecular complexity index is 706. The van der Waals surface area contributed by atoms with E-state index in [1.165, 1.54) is 0 Å². The molecule has 0 saturated carbocycles. The van der Waals surface area contributed by atoms with Gasteiger partial charge in [0.05, 0.1) is 11.1 Å². The third-order valence-electron chi connectivity index (χ3n) is 2.39. The number of carbonyl (C=O) groups excluding carboxylic acids is 1. The van der Waals surface area contributed by atoms with Crippen molar-refractivity contribution >= 4 is 17.1 Å². The highest BCUT2D eigenvalue weighted by molar-refractivity contribution is 5.90. The van der Waals surface area contributed by atoms with Crippen molar-refractivity contribution in [3.63, 3.8) is 0 Å². The molecule has 2 aromatic heterocycles. The number of H-pyrrole nitrogens is 1. The van der Waals surface area contributed by atoms with Crippen LogP contribution in [0.5, 0.6) is 5.75 Å². The van der Waals surface area contributed by atoms with Crippen LogP contribution in [-0.4, -0.2) is 31.6 Å². The summed E-state index contributed by atoms with van der Waals surface area (Å²) in [6.45, 7) is 6.80. The molecule has 0 fully saturated rings. The Labute approximate surface area is 108 Å². The van der Waals surface area contributed by atoms with Gasteiger partial charge in [-0.1, -0.05) is 0 Å². The minimum absolute atomic E-state index is 0.122. The molecule has 7 heteroatoms. The number of hydrogen-bond acceptors (Lipinski definition) is 5. The van der Waals surface area contributed by atoms with E-state index in [1.54, 1.807) is 27.7 Å². The number of pyridine rings is 1. The number of fused-ring (bicyclic) bond motifs is 1. The first-order chi connectivity index (χ1) is 8.69. The van der Waals surface area contributed by atoms with Crippen LogP contribution in [0.2, 0.25) is 0 Å². The van der Waals surface area contributed by atoms with Crippen LogP contribution in [0.3, 0.4) is 0 Å². The second-order valence-corrected chi connectivity index (χ2v) is 5.22. The second-order valence-electron chi connectivity index (χ2n) is 5.22. The topological polar surface area (TPSA) is 97.2 Å². The lowest BCUT2D eigenvalue weighted by atomic mass is 10.2. The third kappa shape index (κ3) is 2.44. The number of hydrogen-bond donors (Lipinski definition) is 2. The van der Waals surface area contributed by atoms with Crippen LogP contribution in [0, 0.1) is 6.92 Å². The molecule has 0 aliphatic rings. The fourth-order valence-corrected chi connectivity index (χ4v) is 1.74. The molecule has 0 atom stereocenters. The lowest BCUT2D eigenvalue weighted by Crippen LogP contribution is -2.28. The van der Waals surface area contributed by atoms with E-state index in [0.29, 0.717) is 11.1 Å². The summed E-state index contributed by atoms with van der Waals surface area (Å²) in [7, 11) is 0. The van der Waals surface area contributed by atoms with Crippen LogP contribution in [0.1, 0.15) is 26.5 Å². The van der Waals surface area contributed by atoms with E-state index >= 15 is 0 Å². The molecule has 0 aliphatic heterocycles. The number of nitrogens with zero attached hydrogens (tertiary/aromatic N) is 2. The van der Waals surface area contributed by atoms with Gasteiger partial charge in [0.15, 0.2) is 5.65 Å². The summed E-state index contributed by atoms with van der Waals surface area (Å²) in [4.78, 5) is 25.8. The highest BCUT2D eigenvalue weighted by Gasteiger charge is 2.23. The zero-order valence-corrected chi connectivity index (χ0v) is 11.1. The molecule has 2 heterocycles. The maximum atomic E-state index is 12.0. The Hall–Kier alpha value is -2.31. The van der Waals surface area contributed by atoms with Gasteiger partial charge in [0.2, 0.25) is 0 Å². The molecule has 2 aromatic rings. The van der Waals surface area contributed by atoms with E-state index in [-0.39, 0.29) is 11.4 Å². The Kier molecular flexibility index (Phi) is 2.84. The van der Waals surface area contributed by atoms with Gasteiger partial charge >= 0.3 is 6.09 Å². The van der Waals surface area contributed by atoms with Crippen molar-refractivity contribution in [1.82, 2.24) is 14.8 Å². The zero-order valence-electron chi connectivity index (χ0n) is 11.1. The normalized spacial score (nSPS) is 11.8. The number of aromatic hydroxyl groups is 1. The van der Waals surface area contributed by atoms with Crippen molar-refractivity contribution in [3.8, 4) is 5.75 Å². The largest absolute Gasteiger partial charge is 0.507 e. The molecule has 0 spiro atoms. The van der Waals surface area contributed by atoms with E-state index in [9.17, 15) is 14.7 Å². The van der Waals surface area contributed by atoms with E-state index in [0.717, 1.165) is 10.7 Å². The van der Waals surface area contributed by atoms with Crippen molar-refractivity contribution in [2.24, 2.45) is 0 Å². The SMILES string of the molecule is Cc1nn(C(=O)OC(C)(C)C)c2[nH]c(=O)cc(O)c12. The molecule has 0 aliphatic carbocycles. The first-order valence-electron chi connectivity index (χ1n) is 5.74.